The number of hydrogen-bond donors (Lipinski definition) is 2. The Bertz CT molecular complexity index is 923. The number of fused-ring (bicyclic) bond motifs is 3. The molecule has 122 valence electrons. The molecule has 0 spiro atoms. The molecule has 3 aromatic rings. The lowest BCUT2D eigenvalue weighted by molar-refractivity contribution is 0.104. The highest BCUT2D eigenvalue weighted by atomic mass is 16.3. The Hall–Kier alpha value is -2.75. The summed E-state index contributed by atoms with van der Waals surface area (Å²) >= 11 is 0. The fourth-order valence-corrected chi connectivity index (χ4v) is 3.44. The van der Waals surface area contributed by atoms with Crippen molar-refractivity contribution in [3.63, 3.8) is 0 Å². The minimum absolute atomic E-state index is 0.00579. The highest BCUT2D eigenvalue weighted by Gasteiger charge is 2.24. The van der Waals surface area contributed by atoms with Crippen molar-refractivity contribution in [1.29, 1.82) is 0 Å². The Balaban J connectivity index is 1.96. The van der Waals surface area contributed by atoms with Crippen LogP contribution in [-0.2, 0) is 6.54 Å². The van der Waals surface area contributed by atoms with Gasteiger partial charge < -0.3 is 15.0 Å². The van der Waals surface area contributed by atoms with Gasteiger partial charge in [-0.3, -0.25) is 4.79 Å². The Morgan fingerprint density at radius 2 is 1.92 bits per heavy atom. The van der Waals surface area contributed by atoms with E-state index in [1.54, 1.807) is 12.1 Å². The molecule has 0 saturated carbocycles. The number of aromatic hydroxyl groups is 1. The van der Waals surface area contributed by atoms with E-state index in [-0.39, 0.29) is 11.5 Å². The number of nitrogens with zero attached hydrogens (tertiary/aromatic N) is 1. The maximum atomic E-state index is 13.2. The van der Waals surface area contributed by atoms with E-state index < -0.39 is 0 Å². The number of aromatic nitrogens is 1. The largest absolute Gasteiger partial charge is 0.508 e. The minimum Gasteiger partial charge on any atom is -0.508 e. The molecule has 4 nitrogen and oxygen atoms in total. The van der Waals surface area contributed by atoms with Gasteiger partial charge in [-0.05, 0) is 38.0 Å². The molecule has 24 heavy (non-hydrogen) atoms. The summed E-state index contributed by atoms with van der Waals surface area (Å²) in [5.41, 5.74) is 3.45. The third kappa shape index (κ3) is 2.35. The van der Waals surface area contributed by atoms with Crippen LogP contribution in [0.2, 0.25) is 0 Å². The summed E-state index contributed by atoms with van der Waals surface area (Å²) in [5, 5.41) is 14.2. The van der Waals surface area contributed by atoms with E-state index in [0.717, 1.165) is 48.2 Å². The molecule has 0 amide bonds. The number of nitrogens with one attached hydrogen (secondary N) is 1. The molecule has 1 aromatic heterocycles. The van der Waals surface area contributed by atoms with Gasteiger partial charge in [-0.1, -0.05) is 29.8 Å². The summed E-state index contributed by atoms with van der Waals surface area (Å²) in [6.07, 6.45) is 2.15. The fraction of sp³-hybridized carbons (Fsp3) is 0.250. The van der Waals surface area contributed by atoms with Gasteiger partial charge in [0.05, 0.1) is 11.1 Å². The van der Waals surface area contributed by atoms with E-state index in [1.807, 2.05) is 37.3 Å². The first-order valence-electron chi connectivity index (χ1n) is 8.35. The van der Waals surface area contributed by atoms with Crippen LogP contribution in [0.25, 0.3) is 10.9 Å². The number of rotatable bonds is 2. The minimum atomic E-state index is -0.00579. The van der Waals surface area contributed by atoms with Crippen LogP contribution in [-0.4, -0.2) is 22.0 Å². The second kappa shape index (κ2) is 5.71. The highest BCUT2D eigenvalue weighted by Crippen LogP contribution is 2.35. The average molecular weight is 320 g/mol. The number of carbonyl (C=O) groups excluding carboxylic acids is 1. The Kier molecular flexibility index (Phi) is 3.53. The molecule has 2 aromatic carbocycles. The highest BCUT2D eigenvalue weighted by molar-refractivity contribution is 6.20. The number of ketones is 1. The van der Waals surface area contributed by atoms with Crippen LogP contribution in [0.5, 0.6) is 5.75 Å². The lowest BCUT2D eigenvalue weighted by atomic mass is 10.0. The molecule has 2 N–H and O–H groups in total. The number of hydrogen-bond acceptors (Lipinski definition) is 3. The summed E-state index contributed by atoms with van der Waals surface area (Å²) in [5.74, 6) is 1.05. The topological polar surface area (TPSA) is 54.3 Å². The van der Waals surface area contributed by atoms with E-state index in [0.29, 0.717) is 11.1 Å². The van der Waals surface area contributed by atoms with Gasteiger partial charge in [0.15, 0.2) is 5.78 Å². The molecule has 4 heteroatoms. The predicted molar refractivity (Wildman–Crippen MR) is 95.9 cm³/mol. The normalized spacial score (nSPS) is 14.0. The second-order valence-electron chi connectivity index (χ2n) is 6.41. The Morgan fingerprint density at radius 1 is 1.12 bits per heavy atom. The standard InChI is InChI=1S/C20H20N2O2/c1-13-4-6-14(7-5-13)19(24)18-16-12-15(23)8-9-17(16)22-11-3-2-10-21-20(18)22/h4-9,12,21,23H,2-3,10-11H2,1H3. The van der Waals surface area contributed by atoms with Crippen molar-refractivity contribution in [3.8, 4) is 5.75 Å². The molecule has 0 bridgehead atoms. The monoisotopic (exact) mass is 320 g/mol. The number of aryl methyl sites for hydroxylation is 2. The van der Waals surface area contributed by atoms with E-state index >= 15 is 0 Å². The number of anilines is 1. The smallest absolute Gasteiger partial charge is 0.197 e. The number of carbonyl (C=O) groups is 1. The van der Waals surface area contributed by atoms with Gasteiger partial charge in [0, 0.05) is 24.0 Å². The summed E-state index contributed by atoms with van der Waals surface area (Å²) in [6.45, 7) is 3.74. The maximum Gasteiger partial charge on any atom is 0.197 e. The molecule has 0 saturated heterocycles. The molecule has 1 aliphatic heterocycles. The van der Waals surface area contributed by atoms with Gasteiger partial charge in [0.25, 0.3) is 0 Å². The lowest BCUT2D eigenvalue weighted by Crippen LogP contribution is -2.09. The van der Waals surface area contributed by atoms with E-state index in [4.69, 9.17) is 0 Å². The van der Waals surface area contributed by atoms with Crippen LogP contribution in [0.4, 0.5) is 5.82 Å². The van der Waals surface area contributed by atoms with Crippen molar-refractivity contribution in [2.75, 3.05) is 11.9 Å². The van der Waals surface area contributed by atoms with Crippen LogP contribution < -0.4 is 5.32 Å². The number of phenols is 1. The summed E-state index contributed by atoms with van der Waals surface area (Å²) < 4.78 is 2.17. The number of phenolic OH excluding ortho intramolecular Hbond substituents is 1. The Morgan fingerprint density at radius 3 is 2.71 bits per heavy atom. The summed E-state index contributed by atoms with van der Waals surface area (Å²) in [7, 11) is 0. The van der Waals surface area contributed by atoms with Crippen LogP contribution in [0, 0.1) is 6.92 Å². The Labute approximate surface area is 140 Å². The van der Waals surface area contributed by atoms with Crippen molar-refractivity contribution in [3.05, 3.63) is 59.2 Å². The van der Waals surface area contributed by atoms with Crippen molar-refractivity contribution in [2.24, 2.45) is 0 Å². The third-order valence-electron chi connectivity index (χ3n) is 4.69. The molecule has 1 aliphatic rings. The van der Waals surface area contributed by atoms with Crippen molar-refractivity contribution >= 4 is 22.5 Å². The van der Waals surface area contributed by atoms with E-state index in [9.17, 15) is 9.90 Å². The van der Waals surface area contributed by atoms with Crippen LogP contribution in [0.15, 0.2) is 42.5 Å². The average Bonchev–Trinajstić information content (AvgIpc) is 2.72. The maximum absolute atomic E-state index is 13.2. The zero-order valence-electron chi connectivity index (χ0n) is 13.7. The third-order valence-corrected chi connectivity index (χ3v) is 4.69. The SMILES string of the molecule is Cc1ccc(C(=O)c2c3n(c4ccc(O)cc24)CCCCN3)cc1. The van der Waals surface area contributed by atoms with Crippen LogP contribution >= 0.6 is 0 Å². The van der Waals surface area contributed by atoms with Gasteiger partial charge in [0.1, 0.15) is 11.6 Å². The molecule has 0 unspecified atom stereocenters. The molecule has 0 radical (unpaired) electrons. The molecule has 0 atom stereocenters. The molecule has 0 aliphatic carbocycles. The molecule has 0 fully saturated rings. The zero-order chi connectivity index (χ0) is 16.7. The van der Waals surface area contributed by atoms with Gasteiger partial charge in [-0.2, -0.15) is 0 Å². The van der Waals surface area contributed by atoms with E-state index in [2.05, 4.69) is 9.88 Å². The first-order chi connectivity index (χ1) is 11.6. The van der Waals surface area contributed by atoms with Crippen LogP contribution in [0.3, 0.4) is 0 Å². The molecule has 2 heterocycles. The predicted octanol–water partition coefficient (Wildman–Crippen LogP) is 4.09. The quantitative estimate of drug-likeness (QED) is 0.699. The first kappa shape index (κ1) is 14.8. The zero-order valence-corrected chi connectivity index (χ0v) is 13.7. The summed E-state index contributed by atoms with van der Waals surface area (Å²) in [4.78, 5) is 13.2. The van der Waals surface area contributed by atoms with E-state index in [1.165, 1.54) is 0 Å². The first-order valence-corrected chi connectivity index (χ1v) is 8.35. The summed E-state index contributed by atoms with van der Waals surface area (Å²) in [6, 6.07) is 12.9. The molecular weight excluding hydrogens is 300 g/mol. The van der Waals surface area contributed by atoms with Gasteiger partial charge in [-0.25, -0.2) is 0 Å². The molecular formula is C20H20N2O2. The van der Waals surface area contributed by atoms with Crippen LogP contribution in [0.1, 0.15) is 34.3 Å². The fourth-order valence-electron chi connectivity index (χ4n) is 3.44. The molecule has 4 rings (SSSR count). The lowest BCUT2D eigenvalue weighted by Gasteiger charge is -2.09. The van der Waals surface area contributed by atoms with Crippen molar-refractivity contribution in [1.82, 2.24) is 4.57 Å². The van der Waals surface area contributed by atoms with Gasteiger partial charge in [-0.15, -0.1) is 0 Å². The second-order valence-corrected chi connectivity index (χ2v) is 6.41. The number of benzene rings is 2. The van der Waals surface area contributed by atoms with Crippen molar-refractivity contribution < 1.29 is 9.90 Å². The van der Waals surface area contributed by atoms with Gasteiger partial charge in [0.2, 0.25) is 0 Å². The van der Waals surface area contributed by atoms with Crippen molar-refractivity contribution in [2.45, 2.75) is 26.3 Å². The van der Waals surface area contributed by atoms with Gasteiger partial charge >= 0.3 is 0 Å².